The normalized spacial score (nSPS) is 20.8. The maximum Gasteiger partial charge on any atom is 0.317 e. The molecule has 2 fully saturated rings. The number of hydrogen-bond acceptors (Lipinski definition) is 3. The molecule has 0 bridgehead atoms. The highest BCUT2D eigenvalue weighted by Crippen LogP contribution is 2.25. The molecule has 2 amide bonds. The summed E-state index contributed by atoms with van der Waals surface area (Å²) in [6.45, 7) is 3.60. The van der Waals surface area contributed by atoms with Crippen LogP contribution in [0.3, 0.4) is 0 Å². The zero-order chi connectivity index (χ0) is 16.6. The number of aryl methyl sites for hydroxylation is 1. The second-order valence-corrected chi connectivity index (χ2v) is 7.91. The predicted molar refractivity (Wildman–Crippen MR) is 83.0 cm³/mol. The summed E-state index contributed by atoms with van der Waals surface area (Å²) >= 11 is 0. The Morgan fingerprint density at radius 3 is 2.48 bits per heavy atom. The number of nitrogens with one attached hydrogen (secondary N) is 1. The molecule has 0 unspecified atom stereocenters. The van der Waals surface area contributed by atoms with E-state index in [1.54, 1.807) is 11.8 Å². The monoisotopic (exact) mass is 341 g/mol. The average Bonchev–Trinajstić information content (AvgIpc) is 2.96. The first-order chi connectivity index (χ1) is 10.9. The van der Waals surface area contributed by atoms with Crippen molar-refractivity contribution in [2.75, 3.05) is 26.2 Å². The van der Waals surface area contributed by atoms with E-state index < -0.39 is 15.8 Å². The number of halogens is 1. The maximum atomic E-state index is 13.3. The van der Waals surface area contributed by atoms with E-state index in [1.807, 2.05) is 0 Å². The molecule has 8 heteroatoms. The number of benzene rings is 1. The van der Waals surface area contributed by atoms with Crippen molar-refractivity contribution in [2.45, 2.75) is 30.7 Å². The first-order valence-corrected chi connectivity index (χ1v) is 9.14. The third-order valence-corrected chi connectivity index (χ3v) is 6.42. The Morgan fingerprint density at radius 1 is 1.22 bits per heavy atom. The first-order valence-electron chi connectivity index (χ1n) is 7.70. The van der Waals surface area contributed by atoms with Crippen molar-refractivity contribution in [2.24, 2.45) is 0 Å². The Balaban J connectivity index is 1.71. The summed E-state index contributed by atoms with van der Waals surface area (Å²) in [6, 6.07) is 3.87. The fourth-order valence-electron chi connectivity index (χ4n) is 3.16. The summed E-state index contributed by atoms with van der Waals surface area (Å²) in [5.41, 5.74) is 0.315. The maximum absolute atomic E-state index is 13.3. The van der Waals surface area contributed by atoms with Crippen LogP contribution in [0.1, 0.15) is 18.4 Å². The number of amides is 2. The van der Waals surface area contributed by atoms with Crippen molar-refractivity contribution >= 4 is 16.1 Å². The van der Waals surface area contributed by atoms with Crippen molar-refractivity contribution in [1.29, 1.82) is 0 Å². The Hall–Kier alpha value is -1.67. The molecule has 0 spiro atoms. The van der Waals surface area contributed by atoms with Crippen LogP contribution in [0, 0.1) is 12.7 Å². The van der Waals surface area contributed by atoms with E-state index in [0.29, 0.717) is 44.6 Å². The van der Waals surface area contributed by atoms with E-state index in [4.69, 9.17) is 0 Å². The number of urea groups is 1. The van der Waals surface area contributed by atoms with Crippen molar-refractivity contribution < 1.29 is 17.6 Å². The lowest BCUT2D eigenvalue weighted by Gasteiger charge is -2.35. The van der Waals surface area contributed by atoms with Gasteiger partial charge in [-0.05, 0) is 43.5 Å². The third-order valence-electron chi connectivity index (χ3n) is 4.52. The van der Waals surface area contributed by atoms with Gasteiger partial charge >= 0.3 is 6.03 Å². The van der Waals surface area contributed by atoms with Gasteiger partial charge in [-0.3, -0.25) is 0 Å². The van der Waals surface area contributed by atoms with Crippen LogP contribution in [0.5, 0.6) is 0 Å². The average molecular weight is 341 g/mol. The largest absolute Gasteiger partial charge is 0.336 e. The van der Waals surface area contributed by atoms with Crippen LogP contribution < -0.4 is 5.32 Å². The number of piperidine rings is 1. The summed E-state index contributed by atoms with van der Waals surface area (Å²) in [5.74, 6) is -0.414. The van der Waals surface area contributed by atoms with Crippen LogP contribution in [0.2, 0.25) is 0 Å². The zero-order valence-corrected chi connectivity index (χ0v) is 13.8. The van der Waals surface area contributed by atoms with Gasteiger partial charge in [0.05, 0.1) is 4.90 Å². The highest BCUT2D eigenvalue weighted by molar-refractivity contribution is 7.89. The van der Waals surface area contributed by atoms with E-state index >= 15 is 0 Å². The minimum atomic E-state index is -3.61. The van der Waals surface area contributed by atoms with E-state index in [0.717, 1.165) is 0 Å². The van der Waals surface area contributed by atoms with E-state index in [1.165, 1.54) is 22.5 Å². The minimum Gasteiger partial charge on any atom is -0.336 e. The Morgan fingerprint density at radius 2 is 1.91 bits per heavy atom. The summed E-state index contributed by atoms with van der Waals surface area (Å²) < 4.78 is 40.1. The summed E-state index contributed by atoms with van der Waals surface area (Å²) in [4.78, 5) is 13.6. The van der Waals surface area contributed by atoms with Gasteiger partial charge in [-0.25, -0.2) is 17.6 Å². The van der Waals surface area contributed by atoms with Gasteiger partial charge in [-0.15, -0.1) is 0 Å². The lowest BCUT2D eigenvalue weighted by Crippen LogP contribution is -2.47. The number of carbonyl (C=O) groups is 1. The number of sulfonamides is 1. The number of carbonyl (C=O) groups excluding carboxylic acids is 1. The zero-order valence-electron chi connectivity index (χ0n) is 13.0. The predicted octanol–water partition coefficient (Wildman–Crippen LogP) is 1.31. The summed E-state index contributed by atoms with van der Waals surface area (Å²) in [5, 5.41) is 2.77. The number of rotatable bonds is 3. The SMILES string of the molecule is Cc1cc(S(=O)(=O)N2CCC(N3CCNC3=O)CC2)ccc1F. The highest BCUT2D eigenvalue weighted by Gasteiger charge is 2.34. The quantitative estimate of drug-likeness (QED) is 0.901. The first kappa shape index (κ1) is 16.2. The van der Waals surface area contributed by atoms with Gasteiger partial charge in [-0.2, -0.15) is 4.31 Å². The molecule has 2 saturated heterocycles. The molecule has 1 N–H and O–H groups in total. The molecular formula is C15H20FN3O3S. The topological polar surface area (TPSA) is 69.7 Å². The van der Waals surface area contributed by atoms with Gasteiger partial charge in [-0.1, -0.05) is 0 Å². The number of hydrogen-bond donors (Lipinski definition) is 1. The summed E-state index contributed by atoms with van der Waals surface area (Å²) in [7, 11) is -3.61. The standard InChI is InChI=1S/C15H20FN3O3S/c1-11-10-13(2-3-14(11)16)23(21,22)18-7-4-12(5-8-18)19-9-6-17-15(19)20/h2-3,10,12H,4-9H2,1H3,(H,17,20). The van der Waals surface area contributed by atoms with Crippen LogP contribution >= 0.6 is 0 Å². The van der Waals surface area contributed by atoms with Crippen molar-refractivity contribution in [3.63, 3.8) is 0 Å². The Bertz CT molecular complexity index is 715. The molecule has 0 aromatic heterocycles. The molecule has 2 heterocycles. The molecule has 0 aliphatic carbocycles. The van der Waals surface area contributed by atoms with Gasteiger partial charge < -0.3 is 10.2 Å². The highest BCUT2D eigenvalue weighted by atomic mass is 32.2. The van der Waals surface area contributed by atoms with Crippen LogP contribution in [-0.2, 0) is 10.0 Å². The molecule has 6 nitrogen and oxygen atoms in total. The molecule has 0 radical (unpaired) electrons. The molecule has 1 aromatic carbocycles. The van der Waals surface area contributed by atoms with Gasteiger partial charge in [0.15, 0.2) is 0 Å². The number of nitrogens with zero attached hydrogens (tertiary/aromatic N) is 2. The van der Waals surface area contributed by atoms with Gasteiger partial charge in [0.2, 0.25) is 10.0 Å². The lowest BCUT2D eigenvalue weighted by molar-refractivity contribution is 0.167. The molecule has 0 saturated carbocycles. The second kappa shape index (κ2) is 6.09. The van der Waals surface area contributed by atoms with Crippen LogP contribution in [-0.4, -0.2) is 55.9 Å². The summed E-state index contributed by atoms with van der Waals surface area (Å²) in [6.07, 6.45) is 1.24. The van der Waals surface area contributed by atoms with E-state index in [9.17, 15) is 17.6 Å². The Labute approximate surface area is 135 Å². The molecule has 2 aliphatic heterocycles. The van der Waals surface area contributed by atoms with E-state index in [2.05, 4.69) is 5.32 Å². The van der Waals surface area contributed by atoms with Crippen LogP contribution in [0.4, 0.5) is 9.18 Å². The molecule has 3 rings (SSSR count). The fourth-order valence-corrected chi connectivity index (χ4v) is 4.71. The molecule has 1 aromatic rings. The molecule has 126 valence electrons. The lowest BCUT2D eigenvalue weighted by atomic mass is 10.1. The molecule has 0 atom stereocenters. The third kappa shape index (κ3) is 3.05. The fraction of sp³-hybridized carbons (Fsp3) is 0.533. The smallest absolute Gasteiger partial charge is 0.317 e. The van der Waals surface area contributed by atoms with Crippen molar-refractivity contribution in [3.05, 3.63) is 29.6 Å². The van der Waals surface area contributed by atoms with Crippen molar-refractivity contribution in [1.82, 2.24) is 14.5 Å². The molecular weight excluding hydrogens is 321 g/mol. The minimum absolute atomic E-state index is 0.0690. The van der Waals surface area contributed by atoms with Gasteiger partial charge in [0, 0.05) is 32.2 Å². The van der Waals surface area contributed by atoms with Crippen LogP contribution in [0.25, 0.3) is 0 Å². The molecule has 23 heavy (non-hydrogen) atoms. The van der Waals surface area contributed by atoms with Crippen LogP contribution in [0.15, 0.2) is 23.1 Å². The van der Waals surface area contributed by atoms with Crippen molar-refractivity contribution in [3.8, 4) is 0 Å². The molecule has 2 aliphatic rings. The van der Waals surface area contributed by atoms with Gasteiger partial charge in [0.25, 0.3) is 0 Å². The van der Waals surface area contributed by atoms with E-state index in [-0.39, 0.29) is 17.0 Å². The Kier molecular flexibility index (Phi) is 4.29. The second-order valence-electron chi connectivity index (χ2n) is 5.97. The van der Waals surface area contributed by atoms with Gasteiger partial charge in [0.1, 0.15) is 5.82 Å².